The first-order valence-corrected chi connectivity index (χ1v) is 7.13. The summed E-state index contributed by atoms with van der Waals surface area (Å²) in [6.45, 7) is 1.13. The van der Waals surface area contributed by atoms with E-state index in [0.717, 1.165) is 23.4 Å². The molecule has 0 fully saturated rings. The van der Waals surface area contributed by atoms with Gasteiger partial charge in [0.25, 0.3) is 0 Å². The Morgan fingerprint density at radius 2 is 1.90 bits per heavy atom. The number of nitrogens with one attached hydrogen (secondary N) is 1. The number of methoxy groups -OCH3 is 1. The van der Waals surface area contributed by atoms with Crippen LogP contribution in [0.4, 0.5) is 0 Å². The Kier molecular flexibility index (Phi) is 6.19. The minimum Gasteiger partial charge on any atom is -0.491 e. The first-order valence-electron chi connectivity index (χ1n) is 7.13. The summed E-state index contributed by atoms with van der Waals surface area (Å²) in [5, 5.41) is 3.35. The molecule has 1 aromatic carbocycles. The van der Waals surface area contributed by atoms with Crippen molar-refractivity contribution in [2.75, 3.05) is 27.4 Å². The number of nitrogens with zero attached hydrogens (tertiary/aromatic N) is 1. The Bertz CT molecular complexity index is 531. The SMILES string of the molecule is CNC(Cc1ccccn1)c1ccccc1OCCOC. The highest BCUT2D eigenvalue weighted by Gasteiger charge is 2.15. The average Bonchev–Trinajstić information content (AvgIpc) is 2.54. The number of hydrogen-bond acceptors (Lipinski definition) is 4. The van der Waals surface area contributed by atoms with Crippen LogP contribution in [0.1, 0.15) is 17.3 Å². The molecule has 1 aromatic heterocycles. The molecule has 4 nitrogen and oxygen atoms in total. The first-order chi connectivity index (χ1) is 10.3. The minimum atomic E-state index is 0.165. The molecule has 0 saturated heterocycles. The molecule has 0 spiro atoms. The Labute approximate surface area is 126 Å². The Balaban J connectivity index is 2.13. The molecule has 0 aliphatic rings. The fourth-order valence-corrected chi connectivity index (χ4v) is 2.23. The molecule has 1 unspecified atom stereocenters. The molecule has 1 N–H and O–H groups in total. The van der Waals surface area contributed by atoms with E-state index < -0.39 is 0 Å². The van der Waals surface area contributed by atoms with Gasteiger partial charge in [-0.3, -0.25) is 4.98 Å². The van der Waals surface area contributed by atoms with Crippen molar-refractivity contribution in [1.82, 2.24) is 10.3 Å². The zero-order valence-electron chi connectivity index (χ0n) is 12.6. The molecule has 4 heteroatoms. The molecule has 1 heterocycles. The molecule has 21 heavy (non-hydrogen) atoms. The molecule has 2 rings (SSSR count). The van der Waals surface area contributed by atoms with Gasteiger partial charge >= 0.3 is 0 Å². The molecule has 0 aliphatic heterocycles. The monoisotopic (exact) mass is 286 g/mol. The summed E-state index contributed by atoms with van der Waals surface area (Å²) in [5.74, 6) is 0.893. The lowest BCUT2D eigenvalue weighted by Crippen LogP contribution is -2.20. The predicted octanol–water partition coefficient (Wildman–Crippen LogP) is 2.61. The standard InChI is InChI=1S/C17H22N2O2/c1-18-16(13-14-7-5-6-10-19-14)15-8-3-4-9-17(15)21-12-11-20-2/h3-10,16,18H,11-13H2,1-2H3. The molecular formula is C17H22N2O2. The maximum absolute atomic E-state index is 5.81. The van der Waals surface area contributed by atoms with Crippen LogP contribution in [-0.2, 0) is 11.2 Å². The fourth-order valence-electron chi connectivity index (χ4n) is 2.23. The molecule has 0 aliphatic carbocycles. The third-order valence-electron chi connectivity index (χ3n) is 3.33. The van der Waals surface area contributed by atoms with E-state index in [9.17, 15) is 0 Å². The predicted molar refractivity (Wildman–Crippen MR) is 83.6 cm³/mol. The maximum atomic E-state index is 5.81. The molecular weight excluding hydrogens is 264 g/mol. The van der Waals surface area contributed by atoms with Gasteiger partial charge in [0.05, 0.1) is 6.61 Å². The highest BCUT2D eigenvalue weighted by atomic mass is 16.5. The zero-order chi connectivity index (χ0) is 14.9. The van der Waals surface area contributed by atoms with Gasteiger partial charge in [-0.15, -0.1) is 0 Å². The van der Waals surface area contributed by atoms with Gasteiger partial charge in [-0.05, 0) is 25.2 Å². The van der Waals surface area contributed by atoms with Gasteiger partial charge < -0.3 is 14.8 Å². The normalized spacial score (nSPS) is 12.1. The number of rotatable bonds is 8. The summed E-state index contributed by atoms with van der Waals surface area (Å²) in [6, 6.07) is 14.2. The van der Waals surface area contributed by atoms with Crippen molar-refractivity contribution in [3.8, 4) is 5.75 Å². The van der Waals surface area contributed by atoms with E-state index in [-0.39, 0.29) is 6.04 Å². The van der Waals surface area contributed by atoms with E-state index in [1.165, 1.54) is 0 Å². The topological polar surface area (TPSA) is 43.4 Å². The molecule has 0 radical (unpaired) electrons. The third-order valence-corrected chi connectivity index (χ3v) is 3.33. The summed E-state index contributed by atoms with van der Waals surface area (Å²) < 4.78 is 10.8. The van der Waals surface area contributed by atoms with Crippen LogP contribution in [0.25, 0.3) is 0 Å². The summed E-state index contributed by atoms with van der Waals surface area (Å²) in [5.41, 5.74) is 2.20. The molecule has 1 atom stereocenters. The van der Waals surface area contributed by atoms with E-state index >= 15 is 0 Å². The van der Waals surface area contributed by atoms with Gasteiger partial charge in [0.15, 0.2) is 0 Å². The number of aromatic nitrogens is 1. The van der Waals surface area contributed by atoms with Crippen molar-refractivity contribution < 1.29 is 9.47 Å². The van der Waals surface area contributed by atoms with Gasteiger partial charge in [0.1, 0.15) is 12.4 Å². The number of likely N-dealkylation sites (N-methyl/N-ethyl adjacent to an activating group) is 1. The van der Waals surface area contributed by atoms with Crippen LogP contribution in [0, 0.1) is 0 Å². The van der Waals surface area contributed by atoms with E-state index in [0.29, 0.717) is 13.2 Å². The Hall–Kier alpha value is -1.91. The van der Waals surface area contributed by atoms with E-state index in [1.807, 2.05) is 49.6 Å². The van der Waals surface area contributed by atoms with Crippen molar-refractivity contribution in [3.63, 3.8) is 0 Å². The van der Waals surface area contributed by atoms with Gasteiger partial charge in [0, 0.05) is 37.0 Å². The second-order valence-corrected chi connectivity index (χ2v) is 4.75. The van der Waals surface area contributed by atoms with Crippen LogP contribution < -0.4 is 10.1 Å². The van der Waals surface area contributed by atoms with Gasteiger partial charge in [-0.1, -0.05) is 24.3 Å². The lowest BCUT2D eigenvalue weighted by atomic mass is 10.0. The second-order valence-electron chi connectivity index (χ2n) is 4.75. The van der Waals surface area contributed by atoms with Crippen LogP contribution in [0.5, 0.6) is 5.75 Å². The summed E-state index contributed by atoms with van der Waals surface area (Å²) in [6.07, 6.45) is 2.64. The first kappa shape index (κ1) is 15.5. The van der Waals surface area contributed by atoms with E-state index in [4.69, 9.17) is 9.47 Å². The quantitative estimate of drug-likeness (QED) is 0.758. The molecule has 0 amide bonds. The van der Waals surface area contributed by atoms with Crippen LogP contribution in [0.3, 0.4) is 0 Å². The number of hydrogen-bond donors (Lipinski definition) is 1. The number of ether oxygens (including phenoxy) is 2. The highest BCUT2D eigenvalue weighted by molar-refractivity contribution is 5.36. The van der Waals surface area contributed by atoms with E-state index in [2.05, 4.69) is 16.4 Å². The second kappa shape index (κ2) is 8.39. The van der Waals surface area contributed by atoms with E-state index in [1.54, 1.807) is 7.11 Å². The highest BCUT2D eigenvalue weighted by Crippen LogP contribution is 2.27. The summed E-state index contributed by atoms with van der Waals surface area (Å²) >= 11 is 0. The average molecular weight is 286 g/mol. The Morgan fingerprint density at radius 3 is 2.62 bits per heavy atom. The number of pyridine rings is 1. The number of benzene rings is 1. The summed E-state index contributed by atoms with van der Waals surface area (Å²) in [7, 11) is 3.63. The lowest BCUT2D eigenvalue weighted by Gasteiger charge is -2.20. The molecule has 0 bridgehead atoms. The van der Waals surface area contributed by atoms with Crippen LogP contribution in [0.15, 0.2) is 48.7 Å². The minimum absolute atomic E-state index is 0.165. The molecule has 112 valence electrons. The third kappa shape index (κ3) is 4.55. The van der Waals surface area contributed by atoms with Crippen LogP contribution >= 0.6 is 0 Å². The smallest absolute Gasteiger partial charge is 0.124 e. The van der Waals surface area contributed by atoms with Crippen LogP contribution in [-0.4, -0.2) is 32.4 Å². The number of para-hydroxylation sites is 1. The van der Waals surface area contributed by atoms with Crippen molar-refractivity contribution in [2.24, 2.45) is 0 Å². The van der Waals surface area contributed by atoms with Crippen molar-refractivity contribution in [2.45, 2.75) is 12.5 Å². The van der Waals surface area contributed by atoms with Gasteiger partial charge in [0.2, 0.25) is 0 Å². The summed E-state index contributed by atoms with van der Waals surface area (Å²) in [4.78, 5) is 4.40. The Morgan fingerprint density at radius 1 is 1.10 bits per heavy atom. The van der Waals surface area contributed by atoms with Crippen molar-refractivity contribution in [1.29, 1.82) is 0 Å². The van der Waals surface area contributed by atoms with Crippen molar-refractivity contribution >= 4 is 0 Å². The molecule has 0 saturated carbocycles. The van der Waals surface area contributed by atoms with Crippen molar-refractivity contribution in [3.05, 3.63) is 59.9 Å². The fraction of sp³-hybridized carbons (Fsp3) is 0.353. The largest absolute Gasteiger partial charge is 0.491 e. The van der Waals surface area contributed by atoms with Crippen LogP contribution in [0.2, 0.25) is 0 Å². The molecule has 2 aromatic rings. The zero-order valence-corrected chi connectivity index (χ0v) is 12.6. The maximum Gasteiger partial charge on any atom is 0.124 e. The lowest BCUT2D eigenvalue weighted by molar-refractivity contribution is 0.145. The van der Waals surface area contributed by atoms with Gasteiger partial charge in [-0.25, -0.2) is 0 Å². The van der Waals surface area contributed by atoms with Gasteiger partial charge in [-0.2, -0.15) is 0 Å².